The quantitative estimate of drug-likeness (QED) is 0.0377. The molecular weight excluding hydrogens is 892 g/mol. The Kier molecular flexibility index (Phi) is 14.7. The smallest absolute Gasteiger partial charge is 0.455 e. The van der Waals surface area contributed by atoms with E-state index in [-0.39, 0.29) is 35.8 Å². The second-order valence-electron chi connectivity index (χ2n) is 14.6. The summed E-state index contributed by atoms with van der Waals surface area (Å²) >= 11 is 0. The van der Waals surface area contributed by atoms with Crippen LogP contribution in [0.5, 0.6) is 0 Å². The van der Waals surface area contributed by atoms with Crippen LogP contribution >= 0.6 is 15.6 Å². The molecule has 26 nitrogen and oxygen atoms in total. The summed E-state index contributed by atoms with van der Waals surface area (Å²) in [4.78, 5) is 86.2. The fourth-order valence-electron chi connectivity index (χ4n) is 7.19. The number of nitrogens with two attached hydrogens (primary N) is 2. The standard InChI is InChI=1S/C36H45N9O17P2/c1-2-3-10-23(46)43-25(19-8-5-4-6-9-19)35(48)61-28-20(58-33(27(28)47)45-18-41-26-31(38)39-17-40-32(26)45)16-57-64(53,54)62-29-21(15-56-63(50,51)52)59-34(30(29)60-24-11-7-14-55-24)44-13-12-22(37)42-36(44)49/h2,4-6,8-9,12-13,17-18,20-21,24-25,27-30,33-34,47H,1,3,7,10-11,14-16H2,(H,43,46)(H,53,54)(H2,37,42,49)(H2,38,39,40)(H2,50,51,52)/t20?,21-,24?,25-,27?,28?,29-,30-,33?,34-/m1/s1. The van der Waals surface area contributed by atoms with Crippen LogP contribution in [0.3, 0.4) is 0 Å². The molecule has 3 aromatic heterocycles. The molecule has 9 N–H and O–H groups in total. The van der Waals surface area contributed by atoms with Gasteiger partial charge in [0.15, 0.2) is 42.4 Å². The maximum atomic E-state index is 14.0. The number of carbonyl (C=O) groups excluding carboxylic acids is 2. The topological polar surface area (TPSA) is 366 Å². The van der Waals surface area contributed by atoms with Gasteiger partial charge >= 0.3 is 27.3 Å². The van der Waals surface area contributed by atoms with Crippen LogP contribution in [0, 0.1) is 0 Å². The number of ether oxygens (including phenoxy) is 5. The number of nitrogens with zero attached hydrogens (tertiary/aromatic N) is 6. The second-order valence-corrected chi connectivity index (χ2v) is 17.2. The summed E-state index contributed by atoms with van der Waals surface area (Å²) in [6.07, 6.45) is -7.56. The first-order valence-electron chi connectivity index (χ1n) is 19.6. The van der Waals surface area contributed by atoms with Crippen LogP contribution in [0.15, 0.2) is 72.7 Å². The summed E-state index contributed by atoms with van der Waals surface area (Å²) in [7, 11) is -10.6. The molecule has 3 aliphatic heterocycles. The zero-order valence-corrected chi connectivity index (χ0v) is 35.3. The minimum atomic E-state index is -5.42. The van der Waals surface area contributed by atoms with E-state index in [1.165, 1.54) is 29.2 Å². The van der Waals surface area contributed by atoms with E-state index >= 15 is 0 Å². The average molecular weight is 938 g/mol. The van der Waals surface area contributed by atoms with Crippen LogP contribution in [-0.4, -0.2) is 123 Å². The number of esters is 1. The van der Waals surface area contributed by atoms with Gasteiger partial charge in [-0.3, -0.25) is 27.5 Å². The SMILES string of the molecule is C=CCCC(=O)N[C@@H](C(=O)OC1C(COP(=O)(O)O[C@H]2[C@@H](OC3CCCO3)[C@H](n3ccc(N)nc3=O)O[C@@H]2COP(=O)(O)O)OC(n2cnc3c(N)ncnc32)C1O)c1ccccc1. The number of benzene rings is 1. The van der Waals surface area contributed by atoms with E-state index in [9.17, 15) is 43.3 Å². The number of nitrogen functional groups attached to an aromatic ring is 2. The molecule has 0 radical (unpaired) electrons. The normalized spacial score (nSPS) is 27.3. The molecule has 1 aromatic carbocycles. The van der Waals surface area contributed by atoms with E-state index in [1.807, 2.05) is 0 Å². The molecule has 0 aliphatic carbocycles. The Bertz CT molecular complexity index is 2450. The molecule has 3 saturated heterocycles. The highest BCUT2D eigenvalue weighted by Crippen LogP contribution is 2.51. The van der Waals surface area contributed by atoms with E-state index in [2.05, 4.69) is 36.4 Å². The van der Waals surface area contributed by atoms with Crippen molar-refractivity contribution in [3.05, 3.63) is 84.0 Å². The van der Waals surface area contributed by atoms with Crippen LogP contribution in [0.25, 0.3) is 11.2 Å². The Balaban J connectivity index is 1.17. The van der Waals surface area contributed by atoms with Gasteiger partial charge in [0, 0.05) is 25.6 Å². The van der Waals surface area contributed by atoms with Crippen molar-refractivity contribution in [2.45, 2.75) is 87.1 Å². The molecule has 11 atom stereocenters. The lowest BCUT2D eigenvalue weighted by Crippen LogP contribution is -2.43. The minimum absolute atomic E-state index is 0.00250. The molecule has 0 bridgehead atoms. The van der Waals surface area contributed by atoms with Gasteiger partial charge in [-0.15, -0.1) is 6.58 Å². The number of nitrogens with one attached hydrogen (secondary N) is 1. The largest absolute Gasteiger partial charge is 0.472 e. The van der Waals surface area contributed by atoms with Gasteiger partial charge in [-0.1, -0.05) is 36.4 Å². The lowest BCUT2D eigenvalue weighted by atomic mass is 10.1. The highest BCUT2D eigenvalue weighted by molar-refractivity contribution is 7.47. The van der Waals surface area contributed by atoms with Crippen molar-refractivity contribution in [2.75, 3.05) is 31.3 Å². The molecule has 346 valence electrons. The summed E-state index contributed by atoms with van der Waals surface area (Å²) in [5.41, 5.74) is 11.3. The third-order valence-electron chi connectivity index (χ3n) is 10.1. The molecule has 0 saturated carbocycles. The van der Waals surface area contributed by atoms with E-state index in [0.717, 1.165) is 10.9 Å². The van der Waals surface area contributed by atoms with Crippen molar-refractivity contribution < 1.29 is 75.8 Å². The molecule has 3 aliphatic rings. The summed E-state index contributed by atoms with van der Waals surface area (Å²) in [5.74, 6) is -1.72. The van der Waals surface area contributed by atoms with Gasteiger partial charge in [0.25, 0.3) is 0 Å². The Morgan fingerprint density at radius 3 is 2.42 bits per heavy atom. The highest BCUT2D eigenvalue weighted by Gasteiger charge is 2.54. The number of allylic oxidation sites excluding steroid dienone is 1. The summed E-state index contributed by atoms with van der Waals surface area (Å²) in [5, 5.41) is 14.4. The number of fused-ring (bicyclic) bond motifs is 1. The van der Waals surface area contributed by atoms with E-state index in [1.54, 1.807) is 30.3 Å². The predicted molar refractivity (Wildman–Crippen MR) is 216 cm³/mol. The van der Waals surface area contributed by atoms with Crippen molar-refractivity contribution >= 4 is 50.3 Å². The van der Waals surface area contributed by atoms with Crippen molar-refractivity contribution in [1.29, 1.82) is 0 Å². The molecule has 4 aromatic rings. The average Bonchev–Trinajstić information content (AvgIpc) is 4.05. The molecule has 7 rings (SSSR count). The number of carbonyl (C=O) groups is 2. The number of amides is 1. The van der Waals surface area contributed by atoms with Gasteiger partial charge in [-0.05, 0) is 24.5 Å². The van der Waals surface area contributed by atoms with E-state index in [4.69, 9.17) is 44.2 Å². The maximum Gasteiger partial charge on any atom is 0.472 e. The summed E-state index contributed by atoms with van der Waals surface area (Å²) < 4.78 is 73.3. The Hall–Kier alpha value is -5.05. The van der Waals surface area contributed by atoms with Crippen molar-refractivity contribution in [2.24, 2.45) is 0 Å². The van der Waals surface area contributed by atoms with Crippen molar-refractivity contribution in [3.8, 4) is 0 Å². The molecule has 64 heavy (non-hydrogen) atoms. The summed E-state index contributed by atoms with van der Waals surface area (Å²) in [6.45, 7) is 2.00. The van der Waals surface area contributed by atoms with Gasteiger partial charge in [0.1, 0.15) is 48.2 Å². The predicted octanol–water partition coefficient (Wildman–Crippen LogP) is 0.272. The van der Waals surface area contributed by atoms with Gasteiger partial charge in [-0.2, -0.15) is 4.98 Å². The maximum absolute atomic E-state index is 14.0. The number of hydrogen-bond acceptors (Lipinski definition) is 20. The van der Waals surface area contributed by atoms with Crippen LogP contribution in [0.2, 0.25) is 0 Å². The highest BCUT2D eigenvalue weighted by atomic mass is 31.2. The zero-order valence-electron chi connectivity index (χ0n) is 33.5. The molecule has 1 amide bonds. The van der Waals surface area contributed by atoms with Gasteiger partial charge in [-0.25, -0.2) is 33.7 Å². The third-order valence-corrected chi connectivity index (χ3v) is 11.6. The second kappa shape index (κ2) is 20.0. The zero-order chi connectivity index (χ0) is 45.8. The summed E-state index contributed by atoms with van der Waals surface area (Å²) in [6, 6.07) is 7.94. The fourth-order valence-corrected chi connectivity index (χ4v) is 8.49. The fraction of sp³-hybridized carbons (Fsp3) is 0.472. The molecule has 0 spiro atoms. The Labute approximate surface area is 362 Å². The first-order valence-corrected chi connectivity index (χ1v) is 22.6. The number of phosphoric ester groups is 2. The molecule has 6 unspecified atom stereocenters. The number of rotatable bonds is 19. The van der Waals surface area contributed by atoms with Crippen molar-refractivity contribution in [3.63, 3.8) is 0 Å². The van der Waals surface area contributed by atoms with E-state index < -0.39 is 108 Å². The van der Waals surface area contributed by atoms with Crippen LogP contribution in [-0.2, 0) is 56.0 Å². The first-order chi connectivity index (χ1) is 30.5. The van der Waals surface area contributed by atoms with Crippen LogP contribution < -0.4 is 22.5 Å². The Morgan fingerprint density at radius 2 is 1.72 bits per heavy atom. The number of aliphatic hydroxyl groups excluding tert-OH is 1. The number of anilines is 2. The lowest BCUT2D eigenvalue weighted by molar-refractivity contribution is -0.181. The van der Waals surface area contributed by atoms with Crippen LogP contribution in [0.4, 0.5) is 11.6 Å². The monoisotopic (exact) mass is 937 g/mol. The molecule has 6 heterocycles. The molecule has 28 heteroatoms. The first kappa shape index (κ1) is 46.9. The number of aromatic nitrogens is 6. The third kappa shape index (κ3) is 11.1. The van der Waals surface area contributed by atoms with E-state index in [0.29, 0.717) is 24.8 Å². The number of phosphoric acid groups is 2. The van der Waals surface area contributed by atoms with Gasteiger partial charge in [0.2, 0.25) is 5.91 Å². The Morgan fingerprint density at radius 1 is 0.984 bits per heavy atom. The minimum Gasteiger partial charge on any atom is -0.455 e. The van der Waals surface area contributed by atoms with Gasteiger partial charge < -0.3 is 60.3 Å². The number of imidazole rings is 1. The molecule has 3 fully saturated rings. The van der Waals surface area contributed by atoms with Gasteiger partial charge in [0.05, 0.1) is 19.5 Å². The molecular formula is C36H45N9O17P2. The van der Waals surface area contributed by atoms with Crippen LogP contribution in [0.1, 0.15) is 49.7 Å². The number of aliphatic hydroxyl groups is 1. The van der Waals surface area contributed by atoms with Crippen molar-refractivity contribution in [1.82, 2.24) is 34.4 Å². The lowest BCUT2D eigenvalue weighted by Gasteiger charge is -2.29. The number of hydrogen-bond donors (Lipinski definition) is 7.